The van der Waals surface area contributed by atoms with Gasteiger partial charge in [-0.3, -0.25) is 4.84 Å². The van der Waals surface area contributed by atoms with E-state index >= 15 is 0 Å². The third kappa shape index (κ3) is 3.32. The van der Waals surface area contributed by atoms with Crippen LogP contribution in [0.3, 0.4) is 0 Å². The largest absolute Gasteiger partial charge is 0.392 e. The molecule has 48 valence electrons. The molecule has 0 heterocycles. The SMILES string of the molecule is O=[N+]([O-])OC(O)CO. The van der Waals surface area contributed by atoms with Gasteiger partial charge in [0.05, 0.1) is 6.61 Å². The van der Waals surface area contributed by atoms with Crippen molar-refractivity contribution < 1.29 is 20.1 Å². The summed E-state index contributed by atoms with van der Waals surface area (Å²) in [5, 5.41) is 24.1. The van der Waals surface area contributed by atoms with Gasteiger partial charge in [0.2, 0.25) is 6.29 Å². The van der Waals surface area contributed by atoms with Crippen LogP contribution < -0.4 is 0 Å². The van der Waals surface area contributed by atoms with E-state index in [0.717, 1.165) is 0 Å². The van der Waals surface area contributed by atoms with Crippen LogP contribution in [0.25, 0.3) is 0 Å². The summed E-state index contributed by atoms with van der Waals surface area (Å²) >= 11 is 0. The summed E-state index contributed by atoms with van der Waals surface area (Å²) in [6.45, 7) is -0.777. The first-order valence-electron chi connectivity index (χ1n) is 1.77. The third-order valence-corrected chi connectivity index (χ3v) is 0.364. The molecular formula is C2H5NO5. The highest BCUT2D eigenvalue weighted by molar-refractivity contribution is 4.24. The molecule has 1 atom stereocenters. The molecule has 6 nitrogen and oxygen atoms in total. The molecular weight excluding hydrogens is 118 g/mol. The van der Waals surface area contributed by atoms with E-state index in [1.54, 1.807) is 0 Å². The number of aliphatic hydroxyl groups excluding tert-OH is 2. The highest BCUT2D eigenvalue weighted by atomic mass is 17.0. The lowest BCUT2D eigenvalue weighted by atomic mass is 10.7. The lowest BCUT2D eigenvalue weighted by Crippen LogP contribution is -2.19. The maximum atomic E-state index is 9.28. The average molecular weight is 123 g/mol. The zero-order valence-corrected chi connectivity index (χ0v) is 3.85. The summed E-state index contributed by atoms with van der Waals surface area (Å²) in [6, 6.07) is 0. The van der Waals surface area contributed by atoms with Crippen molar-refractivity contribution in [2.24, 2.45) is 0 Å². The summed E-state index contributed by atoms with van der Waals surface area (Å²) in [5.41, 5.74) is 0. The molecule has 0 fully saturated rings. The number of aliphatic hydroxyl groups is 2. The second-order valence-electron chi connectivity index (χ2n) is 0.966. The molecule has 0 aliphatic heterocycles. The predicted octanol–water partition coefficient (Wildman–Crippen LogP) is -1.49. The Bertz CT molecular complexity index is 82.5. The summed E-state index contributed by atoms with van der Waals surface area (Å²) in [4.78, 5) is 12.7. The van der Waals surface area contributed by atoms with Gasteiger partial charge in [-0.2, -0.15) is 0 Å². The van der Waals surface area contributed by atoms with Crippen LogP contribution in [-0.2, 0) is 4.84 Å². The van der Waals surface area contributed by atoms with Crippen molar-refractivity contribution in [3.63, 3.8) is 0 Å². The van der Waals surface area contributed by atoms with E-state index in [4.69, 9.17) is 10.2 Å². The van der Waals surface area contributed by atoms with Crippen molar-refractivity contribution in [3.8, 4) is 0 Å². The Balaban J connectivity index is 3.24. The van der Waals surface area contributed by atoms with Gasteiger partial charge in [-0.05, 0) is 0 Å². The van der Waals surface area contributed by atoms with Crippen LogP contribution >= 0.6 is 0 Å². The van der Waals surface area contributed by atoms with Crippen LogP contribution in [0.4, 0.5) is 0 Å². The highest BCUT2D eigenvalue weighted by Crippen LogP contribution is 1.82. The van der Waals surface area contributed by atoms with Crippen LogP contribution in [0.2, 0.25) is 0 Å². The quantitative estimate of drug-likeness (QED) is 0.271. The lowest BCUT2D eigenvalue weighted by Gasteiger charge is -2.00. The molecule has 0 amide bonds. The summed E-state index contributed by atoms with van der Waals surface area (Å²) in [7, 11) is 0. The minimum Gasteiger partial charge on any atom is -0.392 e. The maximum absolute atomic E-state index is 9.28. The van der Waals surface area contributed by atoms with Gasteiger partial charge < -0.3 is 10.2 Å². The Morgan fingerprint density at radius 2 is 2.38 bits per heavy atom. The van der Waals surface area contributed by atoms with Crippen molar-refractivity contribution in [1.29, 1.82) is 0 Å². The topological polar surface area (TPSA) is 92.8 Å². The smallest absolute Gasteiger partial charge is 0.297 e. The Kier molecular flexibility index (Phi) is 2.82. The maximum Gasteiger partial charge on any atom is 0.297 e. The van der Waals surface area contributed by atoms with Gasteiger partial charge in [-0.25, -0.2) is 0 Å². The van der Waals surface area contributed by atoms with E-state index in [9.17, 15) is 10.1 Å². The van der Waals surface area contributed by atoms with Gasteiger partial charge in [0.15, 0.2) is 0 Å². The van der Waals surface area contributed by atoms with Crippen molar-refractivity contribution in [1.82, 2.24) is 0 Å². The average Bonchev–Trinajstić information content (AvgIpc) is 1.65. The first kappa shape index (κ1) is 7.12. The Morgan fingerprint density at radius 1 is 1.88 bits per heavy atom. The normalized spacial score (nSPS) is 12.8. The first-order valence-corrected chi connectivity index (χ1v) is 1.77. The molecule has 0 aromatic rings. The molecule has 0 aromatic heterocycles. The van der Waals surface area contributed by atoms with Gasteiger partial charge >= 0.3 is 0 Å². The molecule has 0 radical (unpaired) electrons. The van der Waals surface area contributed by atoms with Crippen molar-refractivity contribution in [3.05, 3.63) is 10.1 Å². The van der Waals surface area contributed by atoms with Crippen LogP contribution in [0.15, 0.2) is 0 Å². The van der Waals surface area contributed by atoms with Crippen LogP contribution in [0.1, 0.15) is 0 Å². The zero-order valence-electron chi connectivity index (χ0n) is 3.85. The van der Waals surface area contributed by atoms with Crippen LogP contribution in [0.5, 0.6) is 0 Å². The van der Waals surface area contributed by atoms with Crippen LogP contribution in [0, 0.1) is 10.1 Å². The summed E-state index contributed by atoms with van der Waals surface area (Å²) in [5.74, 6) is 0. The van der Waals surface area contributed by atoms with E-state index in [1.807, 2.05) is 0 Å². The molecule has 6 heteroatoms. The molecule has 0 rings (SSSR count). The van der Waals surface area contributed by atoms with Crippen molar-refractivity contribution in [2.75, 3.05) is 6.61 Å². The molecule has 0 aromatic carbocycles. The highest BCUT2D eigenvalue weighted by Gasteiger charge is 2.04. The van der Waals surface area contributed by atoms with Gasteiger partial charge in [0.25, 0.3) is 5.09 Å². The molecule has 0 saturated carbocycles. The summed E-state index contributed by atoms with van der Waals surface area (Å²) in [6.07, 6.45) is -1.72. The Labute approximate surface area is 44.4 Å². The molecule has 0 spiro atoms. The fraction of sp³-hybridized carbons (Fsp3) is 1.00. The molecule has 0 bridgehead atoms. The second-order valence-corrected chi connectivity index (χ2v) is 0.966. The van der Waals surface area contributed by atoms with Crippen molar-refractivity contribution in [2.45, 2.75) is 6.29 Å². The fourth-order valence-electron chi connectivity index (χ4n) is 0.133. The Morgan fingerprint density at radius 3 is 2.50 bits per heavy atom. The van der Waals surface area contributed by atoms with Gasteiger partial charge in [-0.15, -0.1) is 10.1 Å². The number of nitrogens with zero attached hydrogens (tertiary/aromatic N) is 1. The minimum absolute atomic E-state index is 0.777. The van der Waals surface area contributed by atoms with E-state index in [2.05, 4.69) is 4.84 Å². The standard InChI is InChI=1S/C2H5NO5/c4-1-2(5)8-3(6)7/h2,4-5H,1H2. The number of hydrogen-bond donors (Lipinski definition) is 2. The third-order valence-electron chi connectivity index (χ3n) is 0.364. The molecule has 0 aliphatic rings. The van der Waals surface area contributed by atoms with Gasteiger partial charge in [0.1, 0.15) is 0 Å². The van der Waals surface area contributed by atoms with E-state index in [1.165, 1.54) is 0 Å². The second kappa shape index (κ2) is 3.16. The molecule has 2 N–H and O–H groups in total. The monoisotopic (exact) mass is 123 g/mol. The summed E-state index contributed by atoms with van der Waals surface area (Å²) < 4.78 is 0. The Hall–Kier alpha value is -0.880. The van der Waals surface area contributed by atoms with Crippen LogP contribution in [-0.4, -0.2) is 28.2 Å². The fourth-order valence-corrected chi connectivity index (χ4v) is 0.133. The molecule has 0 aliphatic carbocycles. The zero-order chi connectivity index (χ0) is 6.57. The van der Waals surface area contributed by atoms with E-state index < -0.39 is 18.0 Å². The molecule has 8 heavy (non-hydrogen) atoms. The minimum atomic E-state index is -1.72. The van der Waals surface area contributed by atoms with Gasteiger partial charge in [-0.1, -0.05) is 0 Å². The van der Waals surface area contributed by atoms with E-state index in [-0.39, 0.29) is 0 Å². The lowest BCUT2D eigenvalue weighted by molar-refractivity contribution is -0.780. The number of hydrogen-bond acceptors (Lipinski definition) is 5. The van der Waals surface area contributed by atoms with Gasteiger partial charge in [0, 0.05) is 0 Å². The predicted molar refractivity (Wildman–Crippen MR) is 21.2 cm³/mol. The van der Waals surface area contributed by atoms with E-state index in [0.29, 0.717) is 0 Å². The first-order chi connectivity index (χ1) is 3.66. The number of rotatable bonds is 3. The molecule has 0 saturated heterocycles. The van der Waals surface area contributed by atoms with Crippen molar-refractivity contribution >= 4 is 0 Å². The molecule has 1 unspecified atom stereocenters.